The zero-order valence-electron chi connectivity index (χ0n) is 12.7. The van der Waals surface area contributed by atoms with Gasteiger partial charge in [-0.05, 0) is 26.8 Å². The van der Waals surface area contributed by atoms with Crippen molar-refractivity contribution in [2.75, 3.05) is 12.3 Å². The molecule has 0 aliphatic carbocycles. The molecule has 7 nitrogen and oxygen atoms in total. The van der Waals surface area contributed by atoms with E-state index in [-0.39, 0.29) is 17.4 Å². The second-order valence-electron chi connectivity index (χ2n) is 5.33. The number of H-pyrrole nitrogens is 1. The summed E-state index contributed by atoms with van der Waals surface area (Å²) in [5.74, 6) is 0.857. The lowest BCUT2D eigenvalue weighted by molar-refractivity contribution is 0.445. The van der Waals surface area contributed by atoms with Crippen LogP contribution in [-0.4, -0.2) is 32.3 Å². The minimum atomic E-state index is -0.215. The molecule has 0 aromatic carbocycles. The summed E-state index contributed by atoms with van der Waals surface area (Å²) < 4.78 is 1.99. The van der Waals surface area contributed by atoms with E-state index < -0.39 is 0 Å². The van der Waals surface area contributed by atoms with E-state index in [0.717, 1.165) is 17.9 Å². The van der Waals surface area contributed by atoms with Crippen LogP contribution in [0.2, 0.25) is 0 Å². The van der Waals surface area contributed by atoms with E-state index >= 15 is 0 Å². The minimum absolute atomic E-state index is 0.215. The topological polar surface area (TPSA) is 102 Å². The second-order valence-corrected chi connectivity index (χ2v) is 5.33. The number of rotatable bonds is 6. The number of aryl methyl sites for hydroxylation is 2. The highest BCUT2D eigenvalue weighted by Crippen LogP contribution is 2.03. The number of aromatic nitrogens is 4. The van der Waals surface area contributed by atoms with Crippen LogP contribution < -0.4 is 16.6 Å². The zero-order valence-corrected chi connectivity index (χ0v) is 12.7. The molecule has 21 heavy (non-hydrogen) atoms. The molecule has 2 aromatic heterocycles. The number of hydrogen-bond acceptors (Lipinski definition) is 5. The number of nitrogens with one attached hydrogen (secondary N) is 2. The lowest BCUT2D eigenvalue weighted by Gasteiger charge is -2.14. The van der Waals surface area contributed by atoms with Crippen molar-refractivity contribution in [3.05, 3.63) is 39.7 Å². The summed E-state index contributed by atoms with van der Waals surface area (Å²) in [6, 6.07) is 3.62. The average Bonchev–Trinajstić information content (AvgIpc) is 2.66. The van der Waals surface area contributed by atoms with Crippen molar-refractivity contribution in [1.82, 2.24) is 25.1 Å². The molecule has 0 bridgehead atoms. The molecule has 114 valence electrons. The number of aromatic amines is 1. The molecule has 1 atom stereocenters. The van der Waals surface area contributed by atoms with Gasteiger partial charge < -0.3 is 16.0 Å². The first-order valence-corrected chi connectivity index (χ1v) is 7.04. The van der Waals surface area contributed by atoms with Gasteiger partial charge in [-0.3, -0.25) is 9.48 Å². The van der Waals surface area contributed by atoms with E-state index in [1.165, 1.54) is 6.07 Å². The molecule has 0 saturated heterocycles. The quantitative estimate of drug-likeness (QED) is 0.714. The first-order chi connectivity index (χ1) is 9.94. The SMILES string of the molecule is Cc1cc(C)n(C[C@@H](C)NCCc2nc(N)cc(=O)[nH]2)n1. The molecule has 4 N–H and O–H groups in total. The van der Waals surface area contributed by atoms with Gasteiger partial charge in [0.15, 0.2) is 0 Å². The maximum absolute atomic E-state index is 11.3. The maximum atomic E-state index is 11.3. The Hall–Kier alpha value is -2.15. The van der Waals surface area contributed by atoms with Gasteiger partial charge in [-0.15, -0.1) is 0 Å². The Morgan fingerprint density at radius 1 is 1.43 bits per heavy atom. The number of nitrogens with zero attached hydrogens (tertiary/aromatic N) is 3. The van der Waals surface area contributed by atoms with Crippen molar-refractivity contribution < 1.29 is 0 Å². The van der Waals surface area contributed by atoms with E-state index in [1.54, 1.807) is 0 Å². The second kappa shape index (κ2) is 6.53. The summed E-state index contributed by atoms with van der Waals surface area (Å²) in [4.78, 5) is 18.1. The van der Waals surface area contributed by atoms with E-state index in [9.17, 15) is 4.79 Å². The van der Waals surface area contributed by atoms with E-state index in [0.29, 0.717) is 18.8 Å². The fourth-order valence-electron chi connectivity index (χ4n) is 2.27. The van der Waals surface area contributed by atoms with Crippen LogP contribution in [0.15, 0.2) is 16.9 Å². The van der Waals surface area contributed by atoms with Gasteiger partial charge >= 0.3 is 0 Å². The average molecular weight is 290 g/mol. The van der Waals surface area contributed by atoms with Crippen LogP contribution in [0.5, 0.6) is 0 Å². The van der Waals surface area contributed by atoms with Gasteiger partial charge in [0.25, 0.3) is 5.56 Å². The Bertz CT molecular complexity index is 660. The molecule has 7 heteroatoms. The predicted molar refractivity (Wildman–Crippen MR) is 82.1 cm³/mol. The highest BCUT2D eigenvalue weighted by atomic mass is 16.1. The Morgan fingerprint density at radius 2 is 2.19 bits per heavy atom. The molecule has 2 aromatic rings. The normalized spacial score (nSPS) is 12.5. The molecule has 0 aliphatic rings. The largest absolute Gasteiger partial charge is 0.383 e. The van der Waals surface area contributed by atoms with Crippen molar-refractivity contribution >= 4 is 5.82 Å². The van der Waals surface area contributed by atoms with Crippen LogP contribution in [0.4, 0.5) is 5.82 Å². The standard InChI is InChI=1S/C14H22N6O/c1-9-6-11(3)20(19-9)8-10(2)16-5-4-13-17-12(15)7-14(21)18-13/h6-7,10,16H,4-5,8H2,1-3H3,(H3,15,17,18,21)/t10-/m1/s1. The summed E-state index contributed by atoms with van der Waals surface area (Å²) in [5.41, 5.74) is 7.52. The van der Waals surface area contributed by atoms with Crippen LogP contribution in [0.3, 0.4) is 0 Å². The summed E-state index contributed by atoms with van der Waals surface area (Å²) in [6.45, 7) is 7.66. The number of nitrogens with two attached hydrogens (primary N) is 1. The fourth-order valence-corrected chi connectivity index (χ4v) is 2.27. The lowest BCUT2D eigenvalue weighted by Crippen LogP contribution is -2.33. The fraction of sp³-hybridized carbons (Fsp3) is 0.500. The highest BCUT2D eigenvalue weighted by molar-refractivity contribution is 5.25. The number of hydrogen-bond donors (Lipinski definition) is 3. The van der Waals surface area contributed by atoms with Crippen LogP contribution in [0.25, 0.3) is 0 Å². The third-order valence-corrected chi connectivity index (χ3v) is 3.22. The Kier molecular flexibility index (Phi) is 4.74. The number of anilines is 1. The molecule has 0 fully saturated rings. The van der Waals surface area contributed by atoms with Crippen LogP contribution >= 0.6 is 0 Å². The van der Waals surface area contributed by atoms with Gasteiger partial charge in [0.1, 0.15) is 11.6 Å². The van der Waals surface area contributed by atoms with E-state index in [2.05, 4.69) is 33.4 Å². The Balaban J connectivity index is 1.82. The van der Waals surface area contributed by atoms with Crippen molar-refractivity contribution in [3.63, 3.8) is 0 Å². The molecule has 0 saturated carbocycles. The van der Waals surface area contributed by atoms with Gasteiger partial charge in [-0.25, -0.2) is 4.98 Å². The molecule has 0 aliphatic heterocycles. The molecular formula is C14H22N6O. The minimum Gasteiger partial charge on any atom is -0.383 e. The molecule has 0 radical (unpaired) electrons. The zero-order chi connectivity index (χ0) is 15.4. The third-order valence-electron chi connectivity index (χ3n) is 3.22. The summed E-state index contributed by atoms with van der Waals surface area (Å²) in [5, 5.41) is 7.83. The van der Waals surface area contributed by atoms with Crippen molar-refractivity contribution in [3.8, 4) is 0 Å². The maximum Gasteiger partial charge on any atom is 0.252 e. The van der Waals surface area contributed by atoms with E-state index in [4.69, 9.17) is 5.73 Å². The molecule has 0 unspecified atom stereocenters. The highest BCUT2D eigenvalue weighted by Gasteiger charge is 2.07. The number of nitrogen functional groups attached to an aromatic ring is 1. The predicted octanol–water partition coefficient (Wildman–Crippen LogP) is 0.386. The molecule has 0 spiro atoms. The summed E-state index contributed by atoms with van der Waals surface area (Å²) in [6.07, 6.45) is 0.627. The van der Waals surface area contributed by atoms with Crippen molar-refractivity contribution in [2.45, 2.75) is 39.8 Å². The first-order valence-electron chi connectivity index (χ1n) is 7.04. The summed E-state index contributed by atoms with van der Waals surface area (Å²) in [7, 11) is 0. The smallest absolute Gasteiger partial charge is 0.252 e. The monoisotopic (exact) mass is 290 g/mol. The van der Waals surface area contributed by atoms with Crippen LogP contribution in [0, 0.1) is 13.8 Å². The Labute approximate surface area is 123 Å². The van der Waals surface area contributed by atoms with Crippen LogP contribution in [0.1, 0.15) is 24.1 Å². The Morgan fingerprint density at radius 3 is 2.81 bits per heavy atom. The summed E-state index contributed by atoms with van der Waals surface area (Å²) >= 11 is 0. The lowest BCUT2D eigenvalue weighted by atomic mass is 10.3. The van der Waals surface area contributed by atoms with Crippen molar-refractivity contribution in [1.29, 1.82) is 0 Å². The van der Waals surface area contributed by atoms with Crippen molar-refractivity contribution in [2.24, 2.45) is 0 Å². The third kappa shape index (κ3) is 4.42. The molecular weight excluding hydrogens is 268 g/mol. The van der Waals surface area contributed by atoms with Gasteiger partial charge in [0, 0.05) is 30.8 Å². The van der Waals surface area contributed by atoms with Gasteiger partial charge in [0.05, 0.1) is 12.2 Å². The molecule has 2 heterocycles. The van der Waals surface area contributed by atoms with Gasteiger partial charge in [0.2, 0.25) is 0 Å². The van der Waals surface area contributed by atoms with Gasteiger partial charge in [-0.2, -0.15) is 5.10 Å². The van der Waals surface area contributed by atoms with Crippen LogP contribution in [-0.2, 0) is 13.0 Å². The van der Waals surface area contributed by atoms with Gasteiger partial charge in [-0.1, -0.05) is 0 Å². The van der Waals surface area contributed by atoms with E-state index in [1.807, 2.05) is 18.5 Å². The first kappa shape index (κ1) is 15.2. The molecule has 2 rings (SSSR count). The molecule has 0 amide bonds.